The van der Waals surface area contributed by atoms with Gasteiger partial charge in [-0.1, -0.05) is 71.1 Å². The summed E-state index contributed by atoms with van der Waals surface area (Å²) in [6, 6.07) is 0. The maximum Gasteiger partial charge on any atom is 0.326 e. The van der Waals surface area contributed by atoms with Crippen LogP contribution in [0.2, 0.25) is 0 Å². The lowest BCUT2D eigenvalue weighted by Gasteiger charge is -2.27. The molecule has 0 unspecified atom stereocenters. The summed E-state index contributed by atoms with van der Waals surface area (Å²) < 4.78 is 5.18. The first-order valence-electron chi connectivity index (χ1n) is 10.5. The molecule has 6 N–H and O–H groups in total. The number of unbranched alkanes of at least 4 members (excludes halogenated alkanes) is 9. The molecule has 0 radical (unpaired) electrons. The number of esters is 1. The average Bonchev–Trinajstić information content (AvgIpc) is 2.60. The van der Waals surface area contributed by atoms with E-state index in [1.807, 2.05) is 0 Å². The van der Waals surface area contributed by atoms with E-state index < -0.39 is 5.54 Å². The highest BCUT2D eigenvalue weighted by Crippen LogP contribution is 2.21. The lowest BCUT2D eigenvalue weighted by atomic mass is 9.88. The van der Waals surface area contributed by atoms with Crippen molar-refractivity contribution in [1.82, 2.24) is 5.32 Å². The maximum atomic E-state index is 12.2. The third-order valence-corrected chi connectivity index (χ3v) is 4.77. The van der Waals surface area contributed by atoms with Gasteiger partial charge in [0.25, 0.3) is 0 Å². The van der Waals surface area contributed by atoms with Crippen molar-refractivity contribution in [3.05, 3.63) is 0 Å². The van der Waals surface area contributed by atoms with Gasteiger partial charge in [-0.25, -0.2) is 0 Å². The number of ether oxygens (including phenoxy) is 1. The number of carbonyl (C=O) groups is 1. The third-order valence-electron chi connectivity index (χ3n) is 4.77. The minimum atomic E-state index is -0.922. The Kier molecular flexibility index (Phi) is 15.1. The van der Waals surface area contributed by atoms with Crippen LogP contribution in [0.4, 0.5) is 0 Å². The Labute approximate surface area is 160 Å². The molecule has 0 rings (SSSR count). The Morgan fingerprint density at radius 2 is 1.42 bits per heavy atom. The van der Waals surface area contributed by atoms with E-state index in [1.54, 1.807) is 6.92 Å². The average molecular weight is 371 g/mol. The molecule has 0 aliphatic heterocycles. The molecule has 1 atom stereocenters. The van der Waals surface area contributed by atoms with Crippen LogP contribution in [0.1, 0.15) is 97.3 Å². The second-order valence-corrected chi connectivity index (χ2v) is 7.25. The van der Waals surface area contributed by atoms with Crippen LogP contribution in [-0.4, -0.2) is 30.6 Å². The molecule has 0 heterocycles. The van der Waals surface area contributed by atoms with Gasteiger partial charge in [0, 0.05) is 6.54 Å². The molecule has 0 fully saturated rings. The van der Waals surface area contributed by atoms with Crippen LogP contribution >= 0.6 is 0 Å². The SMILES string of the molecule is CCCCCCCCCCCC[C@](N)(CCCNC(=N)N)C(=O)OCC. The highest BCUT2D eigenvalue weighted by Gasteiger charge is 2.34. The summed E-state index contributed by atoms with van der Waals surface area (Å²) in [5.41, 5.74) is 10.7. The van der Waals surface area contributed by atoms with Crippen molar-refractivity contribution in [2.45, 2.75) is 103 Å². The van der Waals surface area contributed by atoms with Crippen LogP contribution in [0.3, 0.4) is 0 Å². The summed E-state index contributed by atoms with van der Waals surface area (Å²) in [4.78, 5) is 12.2. The minimum absolute atomic E-state index is 0.0570. The van der Waals surface area contributed by atoms with Crippen molar-refractivity contribution in [3.63, 3.8) is 0 Å². The standard InChI is InChI=1S/C20H42N4O2/c1-3-5-6-7-8-9-10-11-12-13-15-20(23,18(25)26-4-2)16-14-17-24-19(21)22/h3-17,23H2,1-2H3,(H4,21,22,24)/t20-/m0/s1. The second-order valence-electron chi connectivity index (χ2n) is 7.25. The molecule has 0 aliphatic rings. The molecule has 6 nitrogen and oxygen atoms in total. The zero-order valence-electron chi connectivity index (χ0n) is 17.1. The van der Waals surface area contributed by atoms with E-state index in [4.69, 9.17) is 21.6 Å². The van der Waals surface area contributed by atoms with Gasteiger partial charge in [-0.3, -0.25) is 10.2 Å². The number of guanidine groups is 1. The molecule has 0 saturated heterocycles. The number of carbonyl (C=O) groups excluding carboxylic acids is 1. The van der Waals surface area contributed by atoms with Crippen molar-refractivity contribution in [1.29, 1.82) is 5.41 Å². The first kappa shape index (κ1) is 24.7. The van der Waals surface area contributed by atoms with Gasteiger partial charge in [0.05, 0.1) is 6.61 Å². The maximum absolute atomic E-state index is 12.2. The topological polar surface area (TPSA) is 114 Å². The molecular weight excluding hydrogens is 328 g/mol. The molecule has 154 valence electrons. The van der Waals surface area contributed by atoms with Gasteiger partial charge in [-0.2, -0.15) is 0 Å². The molecular formula is C20H42N4O2. The van der Waals surface area contributed by atoms with Gasteiger partial charge in [0.15, 0.2) is 5.96 Å². The highest BCUT2D eigenvalue weighted by atomic mass is 16.5. The summed E-state index contributed by atoms with van der Waals surface area (Å²) in [7, 11) is 0. The normalized spacial score (nSPS) is 13.2. The summed E-state index contributed by atoms with van der Waals surface area (Å²) in [6.45, 7) is 4.94. The summed E-state index contributed by atoms with van der Waals surface area (Å²) >= 11 is 0. The van der Waals surface area contributed by atoms with Crippen LogP contribution in [0.5, 0.6) is 0 Å². The molecule has 0 spiro atoms. The predicted molar refractivity (Wildman–Crippen MR) is 109 cm³/mol. The van der Waals surface area contributed by atoms with Crippen LogP contribution in [-0.2, 0) is 9.53 Å². The van der Waals surface area contributed by atoms with Crippen LogP contribution in [0.15, 0.2) is 0 Å². The summed E-state index contributed by atoms with van der Waals surface area (Å²) in [5, 5.41) is 9.91. The predicted octanol–water partition coefficient (Wildman–Crippen LogP) is 3.82. The van der Waals surface area contributed by atoms with Crippen molar-refractivity contribution in [2.24, 2.45) is 11.5 Å². The van der Waals surface area contributed by atoms with E-state index in [1.165, 1.54) is 51.4 Å². The van der Waals surface area contributed by atoms with Crippen molar-refractivity contribution in [2.75, 3.05) is 13.2 Å². The fourth-order valence-electron chi connectivity index (χ4n) is 3.16. The molecule has 0 aromatic carbocycles. The minimum Gasteiger partial charge on any atom is -0.465 e. The van der Waals surface area contributed by atoms with Gasteiger partial charge < -0.3 is 21.5 Å². The molecule has 0 saturated carbocycles. The van der Waals surface area contributed by atoms with Gasteiger partial charge in [-0.15, -0.1) is 0 Å². The van der Waals surface area contributed by atoms with Crippen LogP contribution < -0.4 is 16.8 Å². The zero-order valence-corrected chi connectivity index (χ0v) is 17.1. The van der Waals surface area contributed by atoms with E-state index >= 15 is 0 Å². The Balaban J connectivity index is 3.99. The fourth-order valence-corrected chi connectivity index (χ4v) is 3.16. The van der Waals surface area contributed by atoms with Crippen LogP contribution in [0, 0.1) is 5.41 Å². The molecule has 0 bridgehead atoms. The summed E-state index contributed by atoms with van der Waals surface area (Å²) in [6.07, 6.45) is 14.5. The zero-order chi connectivity index (χ0) is 19.7. The van der Waals surface area contributed by atoms with Crippen molar-refractivity contribution in [3.8, 4) is 0 Å². The quantitative estimate of drug-likeness (QED) is 0.134. The Bertz CT molecular complexity index is 377. The van der Waals surface area contributed by atoms with E-state index in [-0.39, 0.29) is 11.9 Å². The van der Waals surface area contributed by atoms with Crippen molar-refractivity contribution >= 4 is 11.9 Å². The molecule has 0 amide bonds. The van der Waals surface area contributed by atoms with Crippen LogP contribution in [0.25, 0.3) is 0 Å². The molecule has 0 aromatic heterocycles. The van der Waals surface area contributed by atoms with Gasteiger partial charge in [-0.05, 0) is 26.2 Å². The van der Waals surface area contributed by atoms with Crippen molar-refractivity contribution < 1.29 is 9.53 Å². The Morgan fingerprint density at radius 3 is 1.92 bits per heavy atom. The van der Waals surface area contributed by atoms with E-state index in [0.717, 1.165) is 12.8 Å². The van der Waals surface area contributed by atoms with Gasteiger partial charge in [0.1, 0.15) is 5.54 Å². The summed E-state index contributed by atoms with van der Waals surface area (Å²) in [5.74, 6) is -0.364. The molecule has 0 aromatic rings. The van der Waals surface area contributed by atoms with Gasteiger partial charge >= 0.3 is 5.97 Å². The Hall–Kier alpha value is -1.30. The molecule has 26 heavy (non-hydrogen) atoms. The lowest BCUT2D eigenvalue weighted by molar-refractivity contribution is -0.150. The smallest absolute Gasteiger partial charge is 0.326 e. The molecule has 0 aliphatic carbocycles. The van der Waals surface area contributed by atoms with E-state index in [9.17, 15) is 4.79 Å². The van der Waals surface area contributed by atoms with E-state index in [2.05, 4.69) is 12.2 Å². The number of hydrogen-bond acceptors (Lipinski definition) is 4. The highest BCUT2D eigenvalue weighted by molar-refractivity contribution is 5.80. The number of hydrogen-bond donors (Lipinski definition) is 4. The number of nitrogens with two attached hydrogens (primary N) is 2. The monoisotopic (exact) mass is 370 g/mol. The fraction of sp³-hybridized carbons (Fsp3) is 0.900. The third kappa shape index (κ3) is 13.0. The first-order chi connectivity index (χ1) is 12.5. The van der Waals surface area contributed by atoms with E-state index in [0.29, 0.717) is 32.4 Å². The Morgan fingerprint density at radius 1 is 0.923 bits per heavy atom. The lowest BCUT2D eigenvalue weighted by Crippen LogP contribution is -2.49. The number of nitrogens with one attached hydrogen (secondary N) is 2. The first-order valence-corrected chi connectivity index (χ1v) is 10.5. The molecule has 6 heteroatoms. The second kappa shape index (κ2) is 15.9. The van der Waals surface area contributed by atoms with Gasteiger partial charge in [0.2, 0.25) is 0 Å². The largest absolute Gasteiger partial charge is 0.465 e. The number of rotatable bonds is 17.